The van der Waals surface area contributed by atoms with Crippen LogP contribution in [0.1, 0.15) is 36.6 Å². The van der Waals surface area contributed by atoms with Crippen molar-refractivity contribution in [1.29, 1.82) is 0 Å². The third-order valence-corrected chi connectivity index (χ3v) is 4.58. The average molecular weight is 488 g/mol. The van der Waals surface area contributed by atoms with Gasteiger partial charge in [0.2, 0.25) is 5.91 Å². The summed E-state index contributed by atoms with van der Waals surface area (Å²) < 4.78 is 6.01. The highest BCUT2D eigenvalue weighted by atomic mass is 127. The van der Waals surface area contributed by atoms with Gasteiger partial charge in [-0.15, -0.1) is 24.0 Å². The SMILES string of the molecule is CN=C(NCCNC(=O)C(C)C)N1CCOC(c2ccc(C)cc2C)C1.I. The van der Waals surface area contributed by atoms with E-state index in [1.165, 1.54) is 16.7 Å². The summed E-state index contributed by atoms with van der Waals surface area (Å²) >= 11 is 0. The number of nitrogens with zero attached hydrogens (tertiary/aromatic N) is 2. The van der Waals surface area contributed by atoms with Crippen LogP contribution in [0.5, 0.6) is 0 Å². The normalized spacial score (nSPS) is 17.5. The van der Waals surface area contributed by atoms with E-state index < -0.39 is 0 Å². The fraction of sp³-hybridized carbons (Fsp3) is 0.600. The summed E-state index contributed by atoms with van der Waals surface area (Å²) in [6, 6.07) is 6.49. The molecular formula is C20H33IN4O2. The summed E-state index contributed by atoms with van der Waals surface area (Å²) in [5.74, 6) is 0.928. The Bertz CT molecular complexity index is 649. The fourth-order valence-electron chi connectivity index (χ4n) is 3.11. The number of guanidine groups is 1. The maximum Gasteiger partial charge on any atom is 0.222 e. The Morgan fingerprint density at radius 1 is 1.30 bits per heavy atom. The van der Waals surface area contributed by atoms with Crippen LogP contribution in [0.3, 0.4) is 0 Å². The van der Waals surface area contributed by atoms with E-state index in [2.05, 4.69) is 52.6 Å². The molecule has 27 heavy (non-hydrogen) atoms. The molecule has 1 saturated heterocycles. The molecular weight excluding hydrogens is 455 g/mol. The van der Waals surface area contributed by atoms with Crippen molar-refractivity contribution in [2.24, 2.45) is 10.9 Å². The molecule has 1 heterocycles. The monoisotopic (exact) mass is 488 g/mol. The lowest BCUT2D eigenvalue weighted by atomic mass is 10.00. The van der Waals surface area contributed by atoms with Gasteiger partial charge in [0.1, 0.15) is 6.10 Å². The van der Waals surface area contributed by atoms with Gasteiger partial charge in [-0.05, 0) is 25.0 Å². The number of aryl methyl sites for hydroxylation is 2. The van der Waals surface area contributed by atoms with Crippen LogP contribution in [0.25, 0.3) is 0 Å². The van der Waals surface area contributed by atoms with Crippen LogP contribution in [0, 0.1) is 19.8 Å². The van der Waals surface area contributed by atoms with Gasteiger partial charge in [0.05, 0.1) is 13.2 Å². The van der Waals surface area contributed by atoms with E-state index in [1.54, 1.807) is 7.05 Å². The number of ether oxygens (including phenoxy) is 1. The summed E-state index contributed by atoms with van der Waals surface area (Å²) in [6.07, 6.45) is 0.0449. The maximum absolute atomic E-state index is 11.6. The van der Waals surface area contributed by atoms with Gasteiger partial charge < -0.3 is 20.3 Å². The second-order valence-electron chi connectivity index (χ2n) is 7.09. The van der Waals surface area contributed by atoms with Crippen molar-refractivity contribution in [1.82, 2.24) is 15.5 Å². The summed E-state index contributed by atoms with van der Waals surface area (Å²) in [5, 5.41) is 6.25. The van der Waals surface area contributed by atoms with Crippen LogP contribution in [0.4, 0.5) is 0 Å². The highest BCUT2D eigenvalue weighted by Crippen LogP contribution is 2.25. The van der Waals surface area contributed by atoms with E-state index in [1.807, 2.05) is 13.8 Å². The molecule has 1 fully saturated rings. The number of benzene rings is 1. The molecule has 1 unspecified atom stereocenters. The Balaban J connectivity index is 0.00000364. The van der Waals surface area contributed by atoms with Crippen molar-refractivity contribution < 1.29 is 9.53 Å². The molecule has 0 aromatic heterocycles. The molecule has 2 rings (SSSR count). The number of halogens is 1. The third kappa shape index (κ3) is 6.95. The van der Waals surface area contributed by atoms with Crippen LogP contribution in [-0.2, 0) is 9.53 Å². The fourth-order valence-corrected chi connectivity index (χ4v) is 3.11. The number of morpholine rings is 1. The van der Waals surface area contributed by atoms with E-state index in [0.29, 0.717) is 19.7 Å². The quantitative estimate of drug-likeness (QED) is 0.290. The van der Waals surface area contributed by atoms with Gasteiger partial charge in [0.25, 0.3) is 0 Å². The molecule has 7 heteroatoms. The van der Waals surface area contributed by atoms with Gasteiger partial charge in [-0.1, -0.05) is 37.6 Å². The van der Waals surface area contributed by atoms with Gasteiger partial charge in [-0.3, -0.25) is 9.79 Å². The van der Waals surface area contributed by atoms with Crippen molar-refractivity contribution in [2.45, 2.75) is 33.8 Å². The van der Waals surface area contributed by atoms with Crippen LogP contribution in [-0.4, -0.2) is 56.6 Å². The zero-order chi connectivity index (χ0) is 19.1. The first-order chi connectivity index (χ1) is 12.4. The number of carbonyl (C=O) groups is 1. The van der Waals surface area contributed by atoms with Gasteiger partial charge in [-0.25, -0.2) is 0 Å². The maximum atomic E-state index is 11.6. The number of hydrogen-bond donors (Lipinski definition) is 2. The van der Waals surface area contributed by atoms with E-state index in [-0.39, 0.29) is 41.9 Å². The lowest BCUT2D eigenvalue weighted by molar-refractivity contribution is -0.123. The van der Waals surface area contributed by atoms with E-state index >= 15 is 0 Å². The summed E-state index contributed by atoms with van der Waals surface area (Å²) in [6.45, 7) is 11.5. The minimum Gasteiger partial charge on any atom is -0.370 e. The molecule has 1 aromatic carbocycles. The molecule has 2 N–H and O–H groups in total. The molecule has 0 aliphatic carbocycles. The predicted molar refractivity (Wildman–Crippen MR) is 121 cm³/mol. The number of aliphatic imine (C=N–C) groups is 1. The molecule has 0 saturated carbocycles. The Morgan fingerprint density at radius 2 is 2.00 bits per heavy atom. The Hall–Kier alpha value is -1.35. The Labute approximate surface area is 180 Å². The number of rotatable bonds is 5. The lowest BCUT2D eigenvalue weighted by Gasteiger charge is -2.35. The van der Waals surface area contributed by atoms with Gasteiger partial charge in [0, 0.05) is 32.6 Å². The summed E-state index contributed by atoms with van der Waals surface area (Å²) in [4.78, 5) is 18.2. The molecule has 6 nitrogen and oxygen atoms in total. The molecule has 152 valence electrons. The molecule has 1 amide bonds. The average Bonchev–Trinajstić information content (AvgIpc) is 2.61. The first-order valence-corrected chi connectivity index (χ1v) is 9.34. The Kier molecular flexibility index (Phi) is 10.1. The van der Waals surface area contributed by atoms with Crippen LogP contribution < -0.4 is 10.6 Å². The molecule has 0 radical (unpaired) electrons. The molecule has 0 spiro atoms. The standard InChI is InChI=1S/C20H32N4O2.HI/c1-14(2)19(25)22-8-9-23-20(21-5)24-10-11-26-18(13-24)17-7-6-15(3)12-16(17)4;/h6-7,12,14,18H,8-11,13H2,1-5H3,(H,21,23)(H,22,25);1H. The van der Waals surface area contributed by atoms with Crippen molar-refractivity contribution in [3.8, 4) is 0 Å². The summed E-state index contributed by atoms with van der Waals surface area (Å²) in [5.41, 5.74) is 3.76. The minimum absolute atomic E-state index is 0. The second-order valence-corrected chi connectivity index (χ2v) is 7.09. The number of carbonyl (C=O) groups excluding carboxylic acids is 1. The lowest BCUT2D eigenvalue weighted by Crippen LogP contribution is -2.49. The number of hydrogen-bond acceptors (Lipinski definition) is 3. The molecule has 1 aliphatic rings. The highest BCUT2D eigenvalue weighted by Gasteiger charge is 2.25. The van der Waals surface area contributed by atoms with Crippen molar-refractivity contribution in [2.75, 3.05) is 39.8 Å². The van der Waals surface area contributed by atoms with E-state index in [0.717, 1.165) is 19.0 Å². The largest absolute Gasteiger partial charge is 0.370 e. The zero-order valence-corrected chi connectivity index (χ0v) is 19.4. The molecule has 1 aromatic rings. The van der Waals surface area contributed by atoms with Gasteiger partial charge >= 0.3 is 0 Å². The van der Waals surface area contributed by atoms with Crippen LogP contribution in [0.2, 0.25) is 0 Å². The minimum atomic E-state index is 0. The predicted octanol–water partition coefficient (Wildman–Crippen LogP) is 2.64. The summed E-state index contributed by atoms with van der Waals surface area (Å²) in [7, 11) is 1.79. The molecule has 1 aliphatic heterocycles. The smallest absolute Gasteiger partial charge is 0.222 e. The topological polar surface area (TPSA) is 66.0 Å². The van der Waals surface area contributed by atoms with Crippen LogP contribution in [0.15, 0.2) is 23.2 Å². The van der Waals surface area contributed by atoms with Gasteiger partial charge in [0.15, 0.2) is 5.96 Å². The molecule has 0 bridgehead atoms. The molecule has 1 atom stereocenters. The highest BCUT2D eigenvalue weighted by molar-refractivity contribution is 14.0. The van der Waals surface area contributed by atoms with Gasteiger partial charge in [-0.2, -0.15) is 0 Å². The number of amides is 1. The zero-order valence-electron chi connectivity index (χ0n) is 17.0. The van der Waals surface area contributed by atoms with E-state index in [9.17, 15) is 4.79 Å². The van der Waals surface area contributed by atoms with Crippen molar-refractivity contribution >= 4 is 35.8 Å². The van der Waals surface area contributed by atoms with Crippen LogP contribution >= 0.6 is 24.0 Å². The third-order valence-electron chi connectivity index (χ3n) is 4.58. The second kappa shape index (κ2) is 11.5. The first kappa shape index (κ1) is 23.7. The van der Waals surface area contributed by atoms with E-state index in [4.69, 9.17) is 4.74 Å². The van der Waals surface area contributed by atoms with Crippen molar-refractivity contribution in [3.63, 3.8) is 0 Å². The van der Waals surface area contributed by atoms with Crippen molar-refractivity contribution in [3.05, 3.63) is 34.9 Å². The first-order valence-electron chi connectivity index (χ1n) is 9.34. The number of nitrogens with one attached hydrogen (secondary N) is 2. The Morgan fingerprint density at radius 3 is 2.63 bits per heavy atom.